The van der Waals surface area contributed by atoms with Gasteiger partial charge in [0.05, 0.1) is 6.04 Å². The van der Waals surface area contributed by atoms with E-state index >= 15 is 0 Å². The first-order valence-electron chi connectivity index (χ1n) is 9.06. The zero-order valence-electron chi connectivity index (χ0n) is 14.9. The molecule has 0 radical (unpaired) electrons. The van der Waals surface area contributed by atoms with E-state index in [-0.39, 0.29) is 17.7 Å². The average molecular weight is 332 g/mol. The van der Waals surface area contributed by atoms with Crippen LogP contribution in [0.5, 0.6) is 0 Å². The summed E-state index contributed by atoms with van der Waals surface area (Å²) in [6.07, 6.45) is 6.30. The minimum absolute atomic E-state index is 0.0431. The molecule has 1 aromatic rings. The Balaban J connectivity index is 1.60. The lowest BCUT2D eigenvalue weighted by atomic mass is 9.99. The molecular formula is C18H28N4O2. The monoisotopic (exact) mass is 332 g/mol. The quantitative estimate of drug-likeness (QED) is 0.898. The van der Waals surface area contributed by atoms with Crippen LogP contribution in [0.2, 0.25) is 0 Å². The highest BCUT2D eigenvalue weighted by Gasteiger charge is 2.33. The summed E-state index contributed by atoms with van der Waals surface area (Å²) in [6, 6.07) is 2.10. The largest absolute Gasteiger partial charge is 0.344 e. The van der Waals surface area contributed by atoms with Crippen molar-refractivity contribution < 1.29 is 9.59 Å². The Bertz CT molecular complexity index is 598. The Hall–Kier alpha value is -1.85. The van der Waals surface area contributed by atoms with Gasteiger partial charge in [-0.25, -0.2) is 0 Å². The SMILES string of the molecule is CC(=O)N[C@H](C(=O)N1CCC(n2nccc2C2CC2)CC1)C(C)C. The Morgan fingerprint density at radius 1 is 1.21 bits per heavy atom. The number of carbonyl (C=O) groups is 2. The molecule has 0 bridgehead atoms. The lowest BCUT2D eigenvalue weighted by Gasteiger charge is -2.35. The van der Waals surface area contributed by atoms with Crippen molar-refractivity contribution in [3.8, 4) is 0 Å². The fourth-order valence-corrected chi connectivity index (χ4v) is 3.59. The number of hydrogen-bond donors (Lipinski definition) is 1. The van der Waals surface area contributed by atoms with Crippen LogP contribution in [0, 0.1) is 5.92 Å². The van der Waals surface area contributed by atoms with Crippen LogP contribution in [0.1, 0.15) is 64.1 Å². The summed E-state index contributed by atoms with van der Waals surface area (Å²) in [6.45, 7) is 6.87. The maximum atomic E-state index is 12.7. The number of likely N-dealkylation sites (tertiary alicyclic amines) is 1. The third kappa shape index (κ3) is 3.62. The van der Waals surface area contributed by atoms with Crippen LogP contribution < -0.4 is 5.32 Å². The molecule has 1 N–H and O–H groups in total. The first kappa shape index (κ1) is 17.0. The summed E-state index contributed by atoms with van der Waals surface area (Å²) in [5, 5.41) is 7.33. The Morgan fingerprint density at radius 2 is 1.88 bits per heavy atom. The molecular weight excluding hydrogens is 304 g/mol. The third-order valence-electron chi connectivity index (χ3n) is 5.11. The van der Waals surface area contributed by atoms with Crippen LogP contribution in [0.15, 0.2) is 12.3 Å². The third-order valence-corrected chi connectivity index (χ3v) is 5.11. The summed E-state index contributed by atoms with van der Waals surface area (Å²) >= 11 is 0. The van der Waals surface area contributed by atoms with Crippen molar-refractivity contribution in [3.05, 3.63) is 18.0 Å². The molecule has 2 amide bonds. The summed E-state index contributed by atoms with van der Waals surface area (Å²) in [5.41, 5.74) is 1.36. The van der Waals surface area contributed by atoms with Gasteiger partial charge in [-0.3, -0.25) is 14.3 Å². The maximum absolute atomic E-state index is 12.7. The molecule has 24 heavy (non-hydrogen) atoms. The van der Waals surface area contributed by atoms with Crippen LogP contribution in [0.3, 0.4) is 0 Å². The van der Waals surface area contributed by atoms with Gasteiger partial charge in [-0.15, -0.1) is 0 Å². The van der Waals surface area contributed by atoms with Crippen molar-refractivity contribution in [1.29, 1.82) is 0 Å². The van der Waals surface area contributed by atoms with Crippen molar-refractivity contribution >= 4 is 11.8 Å². The van der Waals surface area contributed by atoms with Gasteiger partial charge in [-0.1, -0.05) is 13.8 Å². The van der Waals surface area contributed by atoms with Gasteiger partial charge in [0.1, 0.15) is 6.04 Å². The van der Waals surface area contributed by atoms with E-state index in [1.807, 2.05) is 24.9 Å². The molecule has 0 unspecified atom stereocenters. The molecule has 1 aromatic heterocycles. The first-order chi connectivity index (χ1) is 11.5. The molecule has 2 heterocycles. The molecule has 6 nitrogen and oxygen atoms in total. The van der Waals surface area contributed by atoms with E-state index < -0.39 is 6.04 Å². The summed E-state index contributed by atoms with van der Waals surface area (Å²) < 4.78 is 2.19. The highest BCUT2D eigenvalue weighted by Crippen LogP contribution is 2.41. The second kappa shape index (κ2) is 6.95. The zero-order valence-corrected chi connectivity index (χ0v) is 14.9. The van der Waals surface area contributed by atoms with E-state index in [9.17, 15) is 9.59 Å². The second-order valence-electron chi connectivity index (χ2n) is 7.45. The van der Waals surface area contributed by atoms with Crippen molar-refractivity contribution in [3.63, 3.8) is 0 Å². The van der Waals surface area contributed by atoms with Crippen LogP contribution in [0.4, 0.5) is 0 Å². The van der Waals surface area contributed by atoms with Crippen molar-refractivity contribution in [2.75, 3.05) is 13.1 Å². The van der Waals surface area contributed by atoms with E-state index in [1.165, 1.54) is 25.5 Å². The molecule has 1 saturated heterocycles. The van der Waals surface area contributed by atoms with Gasteiger partial charge >= 0.3 is 0 Å². The van der Waals surface area contributed by atoms with Gasteiger partial charge in [-0.2, -0.15) is 5.10 Å². The molecule has 2 fully saturated rings. The molecule has 0 spiro atoms. The van der Waals surface area contributed by atoms with Crippen molar-refractivity contribution in [1.82, 2.24) is 20.0 Å². The Kier molecular flexibility index (Phi) is 4.92. The molecule has 6 heteroatoms. The minimum Gasteiger partial charge on any atom is -0.344 e. The van der Waals surface area contributed by atoms with E-state index in [4.69, 9.17) is 0 Å². The standard InChI is InChI=1S/C18H28N4O2/c1-12(2)17(20-13(3)23)18(24)21-10-7-15(8-11-21)22-16(6-9-19-22)14-4-5-14/h6,9,12,14-15,17H,4-5,7-8,10-11H2,1-3H3,(H,20,23)/t17-/m0/s1. The summed E-state index contributed by atoms with van der Waals surface area (Å²) in [5.74, 6) is 0.674. The highest BCUT2D eigenvalue weighted by molar-refractivity contribution is 5.87. The van der Waals surface area contributed by atoms with Gasteiger partial charge in [0.2, 0.25) is 11.8 Å². The van der Waals surface area contributed by atoms with Gasteiger partial charge in [0.25, 0.3) is 0 Å². The molecule has 1 aliphatic heterocycles. The first-order valence-corrected chi connectivity index (χ1v) is 9.06. The predicted molar refractivity (Wildman–Crippen MR) is 91.5 cm³/mol. The number of nitrogens with one attached hydrogen (secondary N) is 1. The minimum atomic E-state index is -0.425. The lowest BCUT2D eigenvalue weighted by Crippen LogP contribution is -2.52. The lowest BCUT2D eigenvalue weighted by molar-refractivity contribution is -0.138. The van der Waals surface area contributed by atoms with Gasteiger partial charge in [-0.05, 0) is 37.7 Å². The van der Waals surface area contributed by atoms with Crippen molar-refractivity contribution in [2.45, 2.75) is 64.5 Å². The number of rotatable bonds is 5. The molecule has 3 rings (SSSR count). The number of carbonyl (C=O) groups excluding carboxylic acids is 2. The molecule has 1 saturated carbocycles. The van der Waals surface area contributed by atoms with Gasteiger partial charge in [0.15, 0.2) is 0 Å². The van der Waals surface area contributed by atoms with Crippen LogP contribution >= 0.6 is 0 Å². The van der Waals surface area contributed by atoms with E-state index in [0.717, 1.165) is 25.9 Å². The molecule has 0 aromatic carbocycles. The molecule has 132 valence electrons. The smallest absolute Gasteiger partial charge is 0.245 e. The molecule has 1 atom stereocenters. The van der Waals surface area contributed by atoms with Crippen LogP contribution in [0.25, 0.3) is 0 Å². The zero-order chi connectivity index (χ0) is 17.3. The number of aromatic nitrogens is 2. The van der Waals surface area contributed by atoms with E-state index in [2.05, 4.69) is 21.2 Å². The second-order valence-corrected chi connectivity index (χ2v) is 7.45. The summed E-state index contributed by atoms with van der Waals surface area (Å²) in [4.78, 5) is 26.0. The van der Waals surface area contributed by atoms with Gasteiger partial charge < -0.3 is 10.2 Å². The fourth-order valence-electron chi connectivity index (χ4n) is 3.59. The number of piperidine rings is 1. The Morgan fingerprint density at radius 3 is 2.42 bits per heavy atom. The predicted octanol–water partition coefficient (Wildman–Crippen LogP) is 2.08. The fraction of sp³-hybridized carbons (Fsp3) is 0.722. The van der Waals surface area contributed by atoms with Crippen molar-refractivity contribution in [2.24, 2.45) is 5.92 Å². The number of amides is 2. The van der Waals surface area contributed by atoms with E-state index in [1.54, 1.807) is 0 Å². The topological polar surface area (TPSA) is 67.2 Å². The average Bonchev–Trinajstić information content (AvgIpc) is 3.28. The normalized spacial score (nSPS) is 20.2. The number of hydrogen-bond acceptors (Lipinski definition) is 3. The maximum Gasteiger partial charge on any atom is 0.245 e. The number of nitrogens with zero attached hydrogens (tertiary/aromatic N) is 3. The highest BCUT2D eigenvalue weighted by atomic mass is 16.2. The van der Waals surface area contributed by atoms with Crippen LogP contribution in [-0.4, -0.2) is 45.6 Å². The molecule has 2 aliphatic rings. The van der Waals surface area contributed by atoms with Crippen LogP contribution in [-0.2, 0) is 9.59 Å². The molecule has 1 aliphatic carbocycles. The summed E-state index contributed by atoms with van der Waals surface area (Å²) in [7, 11) is 0. The Labute approximate surface area is 143 Å². The van der Waals surface area contributed by atoms with E-state index in [0.29, 0.717) is 12.0 Å². The van der Waals surface area contributed by atoms with Gasteiger partial charge in [0, 0.05) is 37.8 Å².